The zero-order valence-electron chi connectivity index (χ0n) is 5.71. The molecule has 0 spiro atoms. The summed E-state index contributed by atoms with van der Waals surface area (Å²) in [6.07, 6.45) is 1.89. The van der Waals surface area contributed by atoms with Gasteiger partial charge in [0.15, 0.2) is 9.84 Å². The predicted octanol–water partition coefficient (Wildman–Crippen LogP) is -0.465. The van der Waals surface area contributed by atoms with Crippen LogP contribution in [0.1, 0.15) is 12.8 Å². The molecule has 0 amide bonds. The van der Waals surface area contributed by atoms with Crippen LogP contribution in [0, 0.1) is 0 Å². The molecule has 3 rings (SSSR count). The van der Waals surface area contributed by atoms with E-state index in [-0.39, 0.29) is 6.04 Å². The largest absolute Gasteiger partial charge is 0.310 e. The highest BCUT2D eigenvalue weighted by Crippen LogP contribution is 2.21. The lowest BCUT2D eigenvalue weighted by Gasteiger charge is -2.33. The van der Waals surface area contributed by atoms with E-state index in [2.05, 4.69) is 5.32 Å². The molecule has 2 bridgehead atoms. The van der Waals surface area contributed by atoms with Crippen molar-refractivity contribution in [2.45, 2.75) is 24.9 Å². The summed E-state index contributed by atoms with van der Waals surface area (Å²) in [4.78, 5) is 0. The Hall–Kier alpha value is -0.0900. The molecule has 3 nitrogen and oxygen atoms in total. The number of nitrogens with one attached hydrogen (secondary N) is 1. The van der Waals surface area contributed by atoms with Crippen LogP contribution in [0.25, 0.3) is 0 Å². The maximum absolute atomic E-state index is 11.1. The van der Waals surface area contributed by atoms with Crippen molar-refractivity contribution in [2.75, 3.05) is 11.5 Å². The second kappa shape index (κ2) is 1.95. The van der Waals surface area contributed by atoms with Crippen molar-refractivity contribution in [3.05, 3.63) is 0 Å². The number of fused-ring (bicyclic) bond motifs is 3. The first-order chi connectivity index (χ1) is 4.66. The van der Waals surface area contributed by atoms with E-state index < -0.39 is 9.84 Å². The first kappa shape index (κ1) is 6.61. The minimum atomic E-state index is -2.69. The molecule has 3 heterocycles. The van der Waals surface area contributed by atoms with Gasteiger partial charge in [0.05, 0.1) is 11.5 Å². The van der Waals surface area contributed by atoms with Gasteiger partial charge in [-0.2, -0.15) is 0 Å². The third-order valence-electron chi connectivity index (χ3n) is 2.27. The fourth-order valence-corrected chi connectivity index (χ4v) is 3.34. The molecule has 0 radical (unpaired) electrons. The van der Waals surface area contributed by atoms with Crippen molar-refractivity contribution in [2.24, 2.45) is 0 Å². The molecule has 0 saturated carbocycles. The molecule has 0 aromatic heterocycles. The van der Waals surface area contributed by atoms with Crippen molar-refractivity contribution in [3.63, 3.8) is 0 Å². The molecule has 0 aliphatic carbocycles. The van der Waals surface area contributed by atoms with Crippen LogP contribution in [-0.4, -0.2) is 32.0 Å². The second-order valence-corrected chi connectivity index (χ2v) is 5.43. The summed E-state index contributed by atoms with van der Waals surface area (Å²) >= 11 is 0. The van der Waals surface area contributed by atoms with Gasteiger partial charge >= 0.3 is 0 Å². The average Bonchev–Trinajstić information content (AvgIpc) is 1.91. The standard InChI is InChI=1S/C6H11NO2S/c8-10(9)2-1-5-3-6(4-10)7-5/h5-7H,1-4H2. The molecular formula is C6H11NO2S. The summed E-state index contributed by atoms with van der Waals surface area (Å²) in [7, 11) is -2.69. The third-order valence-corrected chi connectivity index (χ3v) is 4.04. The molecule has 2 unspecified atom stereocenters. The van der Waals surface area contributed by atoms with E-state index >= 15 is 0 Å². The molecule has 2 atom stereocenters. The highest BCUT2D eigenvalue weighted by atomic mass is 32.2. The smallest absolute Gasteiger partial charge is 0.151 e. The van der Waals surface area contributed by atoms with Crippen LogP contribution in [-0.2, 0) is 9.84 Å². The van der Waals surface area contributed by atoms with E-state index in [0.717, 1.165) is 12.8 Å². The summed E-state index contributed by atoms with van der Waals surface area (Å²) in [5.41, 5.74) is 0. The Morgan fingerprint density at radius 1 is 1.30 bits per heavy atom. The molecule has 3 fully saturated rings. The lowest BCUT2D eigenvalue weighted by atomic mass is 9.97. The van der Waals surface area contributed by atoms with Gasteiger partial charge in [0, 0.05) is 12.1 Å². The van der Waals surface area contributed by atoms with Crippen LogP contribution in [0.2, 0.25) is 0 Å². The van der Waals surface area contributed by atoms with Crippen LogP contribution in [0.15, 0.2) is 0 Å². The van der Waals surface area contributed by atoms with Crippen molar-refractivity contribution < 1.29 is 8.42 Å². The monoisotopic (exact) mass is 161 g/mol. The summed E-state index contributed by atoms with van der Waals surface area (Å²) in [5.74, 6) is 0.755. The molecule has 0 aromatic carbocycles. The second-order valence-electron chi connectivity index (χ2n) is 3.20. The van der Waals surface area contributed by atoms with Crippen LogP contribution in [0.5, 0.6) is 0 Å². The lowest BCUT2D eigenvalue weighted by molar-refractivity contribution is 0.287. The average molecular weight is 161 g/mol. The molecule has 3 saturated heterocycles. The number of hydrogen-bond acceptors (Lipinski definition) is 3. The summed E-state index contributed by atoms with van der Waals surface area (Å²) < 4.78 is 22.1. The first-order valence-electron chi connectivity index (χ1n) is 3.62. The Balaban J connectivity index is 2.18. The molecule has 0 aromatic rings. The van der Waals surface area contributed by atoms with Crippen LogP contribution in [0.3, 0.4) is 0 Å². The van der Waals surface area contributed by atoms with Crippen molar-refractivity contribution in [3.8, 4) is 0 Å². The van der Waals surface area contributed by atoms with E-state index in [1.807, 2.05) is 0 Å². The maximum Gasteiger partial charge on any atom is 0.151 e. The maximum atomic E-state index is 11.1. The molecule has 1 N–H and O–H groups in total. The molecule has 10 heavy (non-hydrogen) atoms. The van der Waals surface area contributed by atoms with Crippen LogP contribution >= 0.6 is 0 Å². The third kappa shape index (κ3) is 1.06. The van der Waals surface area contributed by atoms with E-state index in [1.54, 1.807) is 0 Å². The zero-order valence-corrected chi connectivity index (χ0v) is 6.52. The Labute approximate surface area is 60.7 Å². The van der Waals surface area contributed by atoms with E-state index in [9.17, 15) is 8.42 Å². The predicted molar refractivity (Wildman–Crippen MR) is 38.6 cm³/mol. The molecule has 58 valence electrons. The topological polar surface area (TPSA) is 46.2 Å². The minimum absolute atomic E-state index is 0.275. The number of rotatable bonds is 0. The SMILES string of the molecule is O=S1(=O)CCC2CC(C1)N2. The Bertz CT molecular complexity index is 228. The van der Waals surface area contributed by atoms with E-state index in [0.29, 0.717) is 17.5 Å². The Morgan fingerprint density at radius 2 is 2.00 bits per heavy atom. The van der Waals surface area contributed by atoms with Gasteiger partial charge in [0.2, 0.25) is 0 Å². The van der Waals surface area contributed by atoms with E-state index in [4.69, 9.17) is 0 Å². The highest BCUT2D eigenvalue weighted by molar-refractivity contribution is 7.91. The van der Waals surface area contributed by atoms with Crippen molar-refractivity contribution in [1.82, 2.24) is 5.32 Å². The highest BCUT2D eigenvalue weighted by Gasteiger charge is 2.36. The molecular weight excluding hydrogens is 150 g/mol. The fraction of sp³-hybridized carbons (Fsp3) is 1.00. The number of hydrogen-bond donors (Lipinski definition) is 1. The molecule has 4 heteroatoms. The van der Waals surface area contributed by atoms with Crippen molar-refractivity contribution >= 4 is 9.84 Å². The van der Waals surface area contributed by atoms with Gasteiger partial charge < -0.3 is 5.32 Å². The Morgan fingerprint density at radius 3 is 2.70 bits per heavy atom. The molecule has 3 aliphatic heterocycles. The van der Waals surface area contributed by atoms with Gasteiger partial charge in [0.1, 0.15) is 0 Å². The van der Waals surface area contributed by atoms with Gasteiger partial charge in [-0.05, 0) is 12.8 Å². The van der Waals surface area contributed by atoms with Crippen LogP contribution < -0.4 is 5.32 Å². The quantitative estimate of drug-likeness (QED) is 0.522. The van der Waals surface area contributed by atoms with Gasteiger partial charge in [-0.25, -0.2) is 8.42 Å². The Kier molecular flexibility index (Phi) is 1.29. The van der Waals surface area contributed by atoms with E-state index in [1.165, 1.54) is 0 Å². The minimum Gasteiger partial charge on any atom is -0.310 e. The lowest BCUT2D eigenvalue weighted by Crippen LogP contribution is -2.52. The summed E-state index contributed by atoms with van der Waals surface area (Å²) in [6, 6.07) is 0.778. The van der Waals surface area contributed by atoms with Gasteiger partial charge in [-0.3, -0.25) is 0 Å². The first-order valence-corrected chi connectivity index (χ1v) is 5.44. The normalized spacial score (nSPS) is 43.6. The summed E-state index contributed by atoms with van der Waals surface area (Å²) in [5, 5.41) is 3.22. The van der Waals surface area contributed by atoms with Gasteiger partial charge in [0.25, 0.3) is 0 Å². The summed E-state index contributed by atoms with van der Waals surface area (Å²) in [6.45, 7) is 0. The number of sulfone groups is 1. The zero-order chi connectivity index (χ0) is 7.19. The van der Waals surface area contributed by atoms with Crippen molar-refractivity contribution in [1.29, 1.82) is 0 Å². The van der Waals surface area contributed by atoms with Gasteiger partial charge in [-0.1, -0.05) is 0 Å². The van der Waals surface area contributed by atoms with Crippen LogP contribution in [0.4, 0.5) is 0 Å². The molecule has 3 aliphatic rings. The fourth-order valence-electron chi connectivity index (χ4n) is 1.68. The van der Waals surface area contributed by atoms with Gasteiger partial charge in [-0.15, -0.1) is 0 Å².